The fraction of sp³-hybridized carbons (Fsp3) is 0.941. The molecule has 0 N–H and O–H groups in total. The van der Waals surface area contributed by atoms with Crippen LogP contribution in [0.15, 0.2) is 0 Å². The lowest BCUT2D eigenvalue weighted by atomic mass is 9.63. The molecular weight excluding hydrogens is 236 g/mol. The van der Waals surface area contributed by atoms with Gasteiger partial charge in [-0.05, 0) is 37.0 Å². The maximum absolute atomic E-state index is 12.5. The average Bonchev–Trinajstić information content (AvgIpc) is 2.27. The monoisotopic (exact) mass is 270 g/mol. The Bertz CT molecular complexity index is 275. The SMILES string of the molecule is CCCCOC(=O)C(C)(CC(C)C(C)C)C(C)(C)C. The van der Waals surface area contributed by atoms with Crippen molar-refractivity contribution in [2.75, 3.05) is 6.61 Å². The molecule has 2 unspecified atom stereocenters. The summed E-state index contributed by atoms with van der Waals surface area (Å²) in [5.74, 6) is 1.08. The van der Waals surface area contributed by atoms with Crippen LogP contribution >= 0.6 is 0 Å². The summed E-state index contributed by atoms with van der Waals surface area (Å²) in [6.07, 6.45) is 2.90. The van der Waals surface area contributed by atoms with Crippen LogP contribution in [0.1, 0.15) is 74.7 Å². The van der Waals surface area contributed by atoms with Crippen molar-refractivity contribution in [2.24, 2.45) is 22.7 Å². The minimum atomic E-state index is -0.412. The highest BCUT2D eigenvalue weighted by Crippen LogP contribution is 2.45. The lowest BCUT2D eigenvalue weighted by Crippen LogP contribution is -2.43. The smallest absolute Gasteiger partial charge is 0.312 e. The summed E-state index contributed by atoms with van der Waals surface area (Å²) in [6.45, 7) is 17.8. The minimum Gasteiger partial charge on any atom is -0.465 e. The first-order valence-corrected chi connectivity index (χ1v) is 7.73. The molecule has 0 radical (unpaired) electrons. The molecule has 0 aliphatic heterocycles. The standard InChI is InChI=1S/C17H34O2/c1-9-10-11-19-15(18)17(8,16(5,6)7)12-14(4)13(2)3/h13-14H,9-12H2,1-8H3. The lowest BCUT2D eigenvalue weighted by molar-refractivity contribution is -0.164. The molecule has 0 aliphatic rings. The van der Waals surface area contributed by atoms with Gasteiger partial charge in [-0.2, -0.15) is 0 Å². The highest BCUT2D eigenvalue weighted by atomic mass is 16.5. The normalized spacial score (nSPS) is 17.1. The Kier molecular flexibility index (Phi) is 7.10. The number of carbonyl (C=O) groups excluding carboxylic acids is 1. The Morgan fingerprint density at radius 3 is 2.00 bits per heavy atom. The van der Waals surface area contributed by atoms with Crippen molar-refractivity contribution < 1.29 is 9.53 Å². The van der Waals surface area contributed by atoms with Gasteiger partial charge in [0.15, 0.2) is 0 Å². The van der Waals surface area contributed by atoms with Crippen LogP contribution in [0.2, 0.25) is 0 Å². The number of ether oxygens (including phenoxy) is 1. The summed E-state index contributed by atoms with van der Waals surface area (Å²) < 4.78 is 5.52. The van der Waals surface area contributed by atoms with Crippen LogP contribution in [0.5, 0.6) is 0 Å². The first-order valence-electron chi connectivity index (χ1n) is 7.73. The number of carbonyl (C=O) groups is 1. The van der Waals surface area contributed by atoms with Gasteiger partial charge in [0.25, 0.3) is 0 Å². The molecule has 0 heterocycles. The first kappa shape index (κ1) is 18.5. The van der Waals surface area contributed by atoms with Crippen LogP contribution < -0.4 is 0 Å². The van der Waals surface area contributed by atoms with Crippen molar-refractivity contribution in [3.05, 3.63) is 0 Å². The Labute approximate surface area is 120 Å². The highest BCUT2D eigenvalue weighted by molar-refractivity contribution is 5.77. The maximum Gasteiger partial charge on any atom is 0.312 e. The molecule has 114 valence electrons. The van der Waals surface area contributed by atoms with Gasteiger partial charge in [0.2, 0.25) is 0 Å². The van der Waals surface area contributed by atoms with E-state index < -0.39 is 5.41 Å². The molecule has 19 heavy (non-hydrogen) atoms. The van der Waals surface area contributed by atoms with E-state index in [1.165, 1.54) is 0 Å². The quantitative estimate of drug-likeness (QED) is 0.477. The van der Waals surface area contributed by atoms with Crippen molar-refractivity contribution >= 4 is 5.97 Å². The molecule has 0 aromatic rings. The molecule has 0 rings (SSSR count). The first-order chi connectivity index (χ1) is 8.56. The average molecular weight is 270 g/mol. The van der Waals surface area contributed by atoms with Gasteiger partial charge in [0, 0.05) is 0 Å². The predicted octanol–water partition coefficient (Wildman–Crippen LogP) is 5.06. The van der Waals surface area contributed by atoms with E-state index in [1.807, 2.05) is 0 Å². The molecule has 2 heteroatoms. The van der Waals surface area contributed by atoms with E-state index >= 15 is 0 Å². The molecule has 0 amide bonds. The van der Waals surface area contributed by atoms with E-state index in [0.29, 0.717) is 18.4 Å². The summed E-state index contributed by atoms with van der Waals surface area (Å²) >= 11 is 0. The minimum absolute atomic E-state index is 0.0269. The largest absolute Gasteiger partial charge is 0.465 e. The van der Waals surface area contributed by atoms with Crippen LogP contribution in [0, 0.1) is 22.7 Å². The fourth-order valence-corrected chi connectivity index (χ4v) is 2.04. The Balaban J connectivity index is 4.93. The second-order valence-corrected chi connectivity index (χ2v) is 7.50. The molecule has 0 spiro atoms. The molecule has 0 fully saturated rings. The molecule has 0 saturated carbocycles. The van der Waals surface area contributed by atoms with Crippen molar-refractivity contribution in [1.29, 1.82) is 0 Å². The third-order valence-electron chi connectivity index (χ3n) is 4.71. The summed E-state index contributed by atoms with van der Waals surface area (Å²) in [5.41, 5.74) is -0.496. The predicted molar refractivity (Wildman–Crippen MR) is 82.0 cm³/mol. The Hall–Kier alpha value is -0.530. The van der Waals surface area contributed by atoms with Gasteiger partial charge in [-0.25, -0.2) is 0 Å². The van der Waals surface area contributed by atoms with Gasteiger partial charge in [-0.15, -0.1) is 0 Å². The van der Waals surface area contributed by atoms with Gasteiger partial charge >= 0.3 is 5.97 Å². The van der Waals surface area contributed by atoms with Crippen LogP contribution in [0.4, 0.5) is 0 Å². The number of hydrogen-bond acceptors (Lipinski definition) is 2. The van der Waals surface area contributed by atoms with Crippen LogP contribution in [0.3, 0.4) is 0 Å². The van der Waals surface area contributed by atoms with Crippen molar-refractivity contribution in [3.8, 4) is 0 Å². The van der Waals surface area contributed by atoms with Crippen LogP contribution in [-0.2, 0) is 9.53 Å². The third kappa shape index (κ3) is 5.16. The van der Waals surface area contributed by atoms with Gasteiger partial charge < -0.3 is 4.74 Å². The fourth-order valence-electron chi connectivity index (χ4n) is 2.04. The van der Waals surface area contributed by atoms with Crippen LogP contribution in [-0.4, -0.2) is 12.6 Å². The zero-order chi connectivity index (χ0) is 15.3. The van der Waals surface area contributed by atoms with E-state index in [4.69, 9.17) is 4.74 Å². The second kappa shape index (κ2) is 7.31. The summed E-state index contributed by atoms with van der Waals surface area (Å²) in [6, 6.07) is 0. The molecule has 0 aromatic carbocycles. The summed E-state index contributed by atoms with van der Waals surface area (Å²) in [5, 5.41) is 0. The zero-order valence-corrected chi connectivity index (χ0v) is 14.3. The topological polar surface area (TPSA) is 26.3 Å². The summed E-state index contributed by atoms with van der Waals surface area (Å²) in [4.78, 5) is 12.5. The van der Waals surface area contributed by atoms with Crippen molar-refractivity contribution in [3.63, 3.8) is 0 Å². The molecule has 2 atom stereocenters. The number of esters is 1. The molecule has 0 aliphatic carbocycles. The van der Waals surface area contributed by atoms with Crippen LogP contribution in [0.25, 0.3) is 0 Å². The molecule has 0 saturated heterocycles. The second-order valence-electron chi connectivity index (χ2n) is 7.50. The van der Waals surface area contributed by atoms with E-state index in [2.05, 4.69) is 55.4 Å². The molecular formula is C17H34O2. The number of rotatable bonds is 7. The van der Waals surface area contributed by atoms with E-state index in [1.54, 1.807) is 0 Å². The summed E-state index contributed by atoms with van der Waals surface area (Å²) in [7, 11) is 0. The third-order valence-corrected chi connectivity index (χ3v) is 4.71. The van der Waals surface area contributed by atoms with E-state index in [-0.39, 0.29) is 11.4 Å². The Morgan fingerprint density at radius 1 is 1.11 bits per heavy atom. The molecule has 2 nitrogen and oxygen atoms in total. The number of unbranched alkanes of at least 4 members (excludes halogenated alkanes) is 1. The van der Waals surface area contributed by atoms with Crippen molar-refractivity contribution in [2.45, 2.75) is 74.7 Å². The highest BCUT2D eigenvalue weighted by Gasteiger charge is 2.46. The van der Waals surface area contributed by atoms with Crippen molar-refractivity contribution in [1.82, 2.24) is 0 Å². The van der Waals surface area contributed by atoms with Gasteiger partial charge in [0.05, 0.1) is 12.0 Å². The Morgan fingerprint density at radius 2 is 1.63 bits per heavy atom. The molecule has 0 aromatic heterocycles. The number of hydrogen-bond donors (Lipinski definition) is 0. The maximum atomic E-state index is 12.5. The van der Waals surface area contributed by atoms with Gasteiger partial charge in [-0.1, -0.05) is 54.9 Å². The van der Waals surface area contributed by atoms with E-state index in [9.17, 15) is 4.79 Å². The van der Waals surface area contributed by atoms with E-state index in [0.717, 1.165) is 19.3 Å². The zero-order valence-electron chi connectivity index (χ0n) is 14.3. The molecule has 0 bridgehead atoms. The lowest BCUT2D eigenvalue weighted by Gasteiger charge is -2.42. The van der Waals surface area contributed by atoms with Gasteiger partial charge in [0.1, 0.15) is 0 Å². The van der Waals surface area contributed by atoms with Gasteiger partial charge in [-0.3, -0.25) is 4.79 Å².